The predicted octanol–water partition coefficient (Wildman–Crippen LogP) is 8.47. The van der Waals surface area contributed by atoms with E-state index in [9.17, 15) is 0 Å². The summed E-state index contributed by atoms with van der Waals surface area (Å²) in [5.41, 5.74) is 6.70. The first kappa shape index (κ1) is 25.0. The summed E-state index contributed by atoms with van der Waals surface area (Å²) in [4.78, 5) is 0. The SMILES string of the molecule is CC(C)c1cc(C(C)C)c([C@@H](C)O[C@H]2C(Cl)=C[C@H]2COCc2ccccc2)c(C(C)C)c1. The molecule has 2 aromatic carbocycles. The Labute approximate surface area is 200 Å². The van der Waals surface area contributed by atoms with Crippen LogP contribution >= 0.6 is 11.6 Å². The lowest BCUT2D eigenvalue weighted by Gasteiger charge is -2.36. The van der Waals surface area contributed by atoms with Gasteiger partial charge in [-0.1, -0.05) is 102 Å². The van der Waals surface area contributed by atoms with Crippen LogP contribution in [0.25, 0.3) is 0 Å². The highest BCUT2D eigenvalue weighted by molar-refractivity contribution is 6.31. The van der Waals surface area contributed by atoms with Crippen LogP contribution < -0.4 is 0 Å². The summed E-state index contributed by atoms with van der Waals surface area (Å²) in [5, 5.41) is 0.793. The number of hydrogen-bond donors (Lipinski definition) is 0. The van der Waals surface area contributed by atoms with Crippen LogP contribution in [0.4, 0.5) is 0 Å². The minimum atomic E-state index is -0.104. The van der Waals surface area contributed by atoms with Gasteiger partial charge in [-0.3, -0.25) is 0 Å². The molecule has 0 fully saturated rings. The second-order valence-electron chi connectivity index (χ2n) is 9.99. The molecule has 3 heteroatoms. The van der Waals surface area contributed by atoms with Gasteiger partial charge >= 0.3 is 0 Å². The third kappa shape index (κ3) is 5.84. The van der Waals surface area contributed by atoms with Crippen molar-refractivity contribution >= 4 is 11.6 Å². The van der Waals surface area contributed by atoms with Crippen molar-refractivity contribution in [2.45, 2.75) is 85.0 Å². The van der Waals surface area contributed by atoms with Crippen molar-refractivity contribution in [3.05, 3.63) is 81.4 Å². The van der Waals surface area contributed by atoms with E-state index >= 15 is 0 Å². The fourth-order valence-corrected chi connectivity index (χ4v) is 4.81. The van der Waals surface area contributed by atoms with Gasteiger partial charge in [0.2, 0.25) is 0 Å². The van der Waals surface area contributed by atoms with E-state index in [2.05, 4.69) is 78.8 Å². The van der Waals surface area contributed by atoms with Gasteiger partial charge in [0.25, 0.3) is 0 Å². The third-order valence-corrected chi connectivity index (χ3v) is 6.73. The molecule has 0 amide bonds. The third-order valence-electron chi connectivity index (χ3n) is 6.39. The summed E-state index contributed by atoms with van der Waals surface area (Å²) in [6.07, 6.45) is 1.93. The van der Waals surface area contributed by atoms with Crippen LogP contribution in [0.3, 0.4) is 0 Å². The van der Waals surface area contributed by atoms with Crippen LogP contribution in [0.2, 0.25) is 0 Å². The molecular formula is C29H39ClO2. The Hall–Kier alpha value is -1.61. The summed E-state index contributed by atoms with van der Waals surface area (Å²) < 4.78 is 12.6. The van der Waals surface area contributed by atoms with Crippen LogP contribution in [0.5, 0.6) is 0 Å². The monoisotopic (exact) mass is 454 g/mol. The van der Waals surface area contributed by atoms with Crippen molar-refractivity contribution < 1.29 is 9.47 Å². The molecule has 3 rings (SSSR count). The number of benzene rings is 2. The molecule has 32 heavy (non-hydrogen) atoms. The first-order chi connectivity index (χ1) is 15.2. The molecule has 0 heterocycles. The smallest absolute Gasteiger partial charge is 0.102 e. The zero-order valence-corrected chi connectivity index (χ0v) is 21.4. The minimum Gasteiger partial charge on any atom is -0.376 e. The number of rotatable bonds is 10. The second-order valence-corrected chi connectivity index (χ2v) is 10.4. The van der Waals surface area contributed by atoms with Gasteiger partial charge < -0.3 is 9.47 Å². The first-order valence-electron chi connectivity index (χ1n) is 12.0. The Morgan fingerprint density at radius 1 is 0.844 bits per heavy atom. The molecule has 0 radical (unpaired) electrons. The molecule has 2 aromatic rings. The Bertz CT molecular complexity index is 885. The standard InChI is InChI=1S/C29H39ClO2/c1-18(2)23-13-25(19(3)4)28(26(14-23)20(5)6)21(7)32-29-24(15-27(29)30)17-31-16-22-11-9-8-10-12-22/h8-15,18-21,24,29H,16-17H2,1-7H3/t21-,24+,29-/m1/s1. The summed E-state index contributed by atoms with van der Waals surface area (Å²) >= 11 is 6.49. The molecule has 0 aromatic heterocycles. The van der Waals surface area contributed by atoms with E-state index in [1.807, 2.05) is 18.2 Å². The molecule has 0 N–H and O–H groups in total. The van der Waals surface area contributed by atoms with Gasteiger partial charge in [0.05, 0.1) is 19.3 Å². The topological polar surface area (TPSA) is 18.5 Å². The van der Waals surface area contributed by atoms with E-state index in [4.69, 9.17) is 21.1 Å². The Balaban J connectivity index is 1.75. The van der Waals surface area contributed by atoms with Gasteiger partial charge in [-0.05, 0) is 52.5 Å². The van der Waals surface area contributed by atoms with Crippen LogP contribution in [0.1, 0.15) is 100 Å². The summed E-state index contributed by atoms with van der Waals surface area (Å²) in [5.74, 6) is 1.56. The highest BCUT2D eigenvalue weighted by Crippen LogP contribution is 2.41. The van der Waals surface area contributed by atoms with Crippen molar-refractivity contribution in [3.63, 3.8) is 0 Å². The minimum absolute atomic E-state index is 0.0323. The van der Waals surface area contributed by atoms with E-state index in [0.29, 0.717) is 31.0 Å². The normalized spacial score (nSPS) is 19.4. The van der Waals surface area contributed by atoms with Crippen molar-refractivity contribution in [3.8, 4) is 0 Å². The van der Waals surface area contributed by atoms with Gasteiger partial charge in [0.1, 0.15) is 6.10 Å². The molecule has 0 saturated heterocycles. The Morgan fingerprint density at radius 2 is 1.44 bits per heavy atom. The average molecular weight is 455 g/mol. The fraction of sp³-hybridized carbons (Fsp3) is 0.517. The summed E-state index contributed by atoms with van der Waals surface area (Å²) in [6, 6.07) is 15.0. The van der Waals surface area contributed by atoms with Crippen LogP contribution in [-0.4, -0.2) is 12.7 Å². The van der Waals surface area contributed by atoms with Gasteiger partial charge in [0, 0.05) is 11.0 Å². The van der Waals surface area contributed by atoms with Crippen LogP contribution in [0, 0.1) is 5.92 Å². The molecule has 0 unspecified atom stereocenters. The fourth-order valence-electron chi connectivity index (χ4n) is 4.43. The lowest BCUT2D eigenvalue weighted by atomic mass is 9.82. The number of hydrogen-bond acceptors (Lipinski definition) is 2. The van der Waals surface area contributed by atoms with Crippen LogP contribution in [0.15, 0.2) is 53.6 Å². The lowest BCUT2D eigenvalue weighted by molar-refractivity contribution is -0.0393. The van der Waals surface area contributed by atoms with Crippen molar-refractivity contribution in [1.82, 2.24) is 0 Å². The molecule has 174 valence electrons. The van der Waals surface area contributed by atoms with Crippen molar-refractivity contribution in [1.29, 1.82) is 0 Å². The maximum atomic E-state index is 6.60. The molecule has 0 spiro atoms. The lowest BCUT2D eigenvalue weighted by Crippen LogP contribution is -2.35. The van der Waals surface area contributed by atoms with E-state index in [-0.39, 0.29) is 18.1 Å². The van der Waals surface area contributed by atoms with E-state index < -0.39 is 0 Å². The van der Waals surface area contributed by atoms with Crippen molar-refractivity contribution in [2.24, 2.45) is 5.92 Å². The van der Waals surface area contributed by atoms with Gasteiger partial charge in [-0.2, -0.15) is 0 Å². The van der Waals surface area contributed by atoms with Gasteiger partial charge in [-0.15, -0.1) is 0 Å². The average Bonchev–Trinajstić information content (AvgIpc) is 2.76. The maximum Gasteiger partial charge on any atom is 0.102 e. The predicted molar refractivity (Wildman–Crippen MR) is 136 cm³/mol. The molecule has 0 saturated carbocycles. The molecule has 1 aliphatic carbocycles. The van der Waals surface area contributed by atoms with Gasteiger partial charge in [0.15, 0.2) is 0 Å². The quantitative estimate of drug-likeness (QED) is 0.358. The maximum absolute atomic E-state index is 6.60. The van der Waals surface area contributed by atoms with Crippen molar-refractivity contribution in [2.75, 3.05) is 6.61 Å². The Kier molecular flexibility index (Phi) is 8.61. The highest BCUT2D eigenvalue weighted by Gasteiger charge is 2.35. The highest BCUT2D eigenvalue weighted by atomic mass is 35.5. The van der Waals surface area contributed by atoms with Gasteiger partial charge in [-0.25, -0.2) is 0 Å². The Morgan fingerprint density at radius 3 is 1.94 bits per heavy atom. The molecule has 2 nitrogen and oxygen atoms in total. The largest absolute Gasteiger partial charge is 0.376 e. The van der Waals surface area contributed by atoms with Crippen LogP contribution in [-0.2, 0) is 16.1 Å². The molecule has 0 aliphatic heterocycles. The second kappa shape index (κ2) is 11.0. The van der Waals surface area contributed by atoms with E-state index in [1.54, 1.807) is 0 Å². The molecule has 0 bridgehead atoms. The number of halogens is 1. The molecule has 3 atom stereocenters. The zero-order chi connectivity index (χ0) is 23.4. The van der Waals surface area contributed by atoms with E-state index in [1.165, 1.54) is 27.8 Å². The zero-order valence-electron chi connectivity index (χ0n) is 20.7. The number of ether oxygens (including phenoxy) is 2. The summed E-state index contributed by atoms with van der Waals surface area (Å²) in [7, 11) is 0. The first-order valence-corrected chi connectivity index (χ1v) is 12.4. The van der Waals surface area contributed by atoms with E-state index in [0.717, 1.165) is 5.03 Å². The molecule has 1 aliphatic rings. The summed E-state index contributed by atoms with van der Waals surface area (Å²) in [6.45, 7) is 17.0. The molecular weight excluding hydrogens is 416 g/mol.